The third-order valence-electron chi connectivity index (χ3n) is 2.21. The fourth-order valence-electron chi connectivity index (χ4n) is 1.14. The van der Waals surface area contributed by atoms with Gasteiger partial charge in [-0.05, 0) is 6.07 Å². The van der Waals surface area contributed by atoms with Crippen LogP contribution in [-0.2, 0) is 5.92 Å². The van der Waals surface area contributed by atoms with Gasteiger partial charge in [-0.15, -0.1) is 0 Å². The van der Waals surface area contributed by atoms with Crippen molar-refractivity contribution >= 4 is 0 Å². The van der Waals surface area contributed by atoms with Crippen molar-refractivity contribution in [1.29, 1.82) is 0 Å². The maximum absolute atomic E-state index is 13.2. The second kappa shape index (κ2) is 4.48. The molecule has 0 amide bonds. The van der Waals surface area contributed by atoms with E-state index >= 15 is 0 Å². The summed E-state index contributed by atoms with van der Waals surface area (Å²) in [4.78, 5) is 2.69. The van der Waals surface area contributed by atoms with Gasteiger partial charge in [0.05, 0.1) is 6.20 Å². The Hall–Kier alpha value is -1.55. The molecule has 1 rings (SSSR count). The summed E-state index contributed by atoms with van der Waals surface area (Å²) in [5, 5.41) is 0. The predicted molar refractivity (Wildman–Crippen MR) is 44.0 cm³/mol. The number of nitrogens with zero attached hydrogens (tertiary/aromatic N) is 1. The molecule has 0 unspecified atom stereocenters. The van der Waals surface area contributed by atoms with Gasteiger partial charge >= 0.3 is 23.9 Å². The Labute approximate surface area is 104 Å². The van der Waals surface area contributed by atoms with Crippen molar-refractivity contribution in [2.75, 3.05) is 0 Å². The largest absolute Gasteiger partial charge is 0.460 e. The summed E-state index contributed by atoms with van der Waals surface area (Å²) in [5.41, 5.74) is -2.11. The van der Waals surface area contributed by atoms with Crippen molar-refractivity contribution in [3.8, 4) is 0 Å². The molecule has 0 bridgehead atoms. The highest BCUT2D eigenvalue weighted by Gasteiger charge is 2.82. The first-order valence-electron chi connectivity index (χ1n) is 4.56. The van der Waals surface area contributed by atoms with Gasteiger partial charge < -0.3 is 0 Å². The van der Waals surface area contributed by atoms with Gasteiger partial charge in [-0.2, -0.15) is 39.5 Å². The molecule has 0 aliphatic carbocycles. The molecule has 1 aromatic rings. The van der Waals surface area contributed by atoms with Crippen LogP contribution in [0.15, 0.2) is 18.5 Å². The highest BCUT2D eigenvalue weighted by Crippen LogP contribution is 2.56. The van der Waals surface area contributed by atoms with Crippen molar-refractivity contribution in [2.24, 2.45) is 0 Å². The zero-order valence-electron chi connectivity index (χ0n) is 8.96. The first-order valence-corrected chi connectivity index (χ1v) is 4.56. The van der Waals surface area contributed by atoms with E-state index in [1.165, 1.54) is 0 Å². The van der Waals surface area contributed by atoms with E-state index in [9.17, 15) is 43.9 Å². The number of pyridine rings is 1. The molecule has 0 fully saturated rings. The Bertz CT molecular complexity index is 492. The summed E-state index contributed by atoms with van der Waals surface area (Å²) < 4.78 is 125. The number of hydrogen-bond acceptors (Lipinski definition) is 1. The molecule has 0 saturated carbocycles. The summed E-state index contributed by atoms with van der Waals surface area (Å²) in [7, 11) is 0. The minimum Gasteiger partial charge on any atom is -0.261 e. The fourth-order valence-corrected chi connectivity index (χ4v) is 1.14. The first-order chi connectivity index (χ1) is 8.75. The van der Waals surface area contributed by atoms with Crippen LogP contribution in [0.5, 0.6) is 0 Å². The standard InChI is InChI=1S/C9H3F10N/c10-5-1-4(2-20-3-5)6(11,12)7(13,14)8(15,16)9(17,18)19/h1-3H. The van der Waals surface area contributed by atoms with Crippen LogP contribution in [0.2, 0.25) is 0 Å². The SMILES string of the molecule is Fc1cncc(C(F)(F)C(F)(F)C(F)(F)C(F)(F)F)c1. The molecule has 1 nitrogen and oxygen atoms in total. The lowest BCUT2D eigenvalue weighted by atomic mass is 9.98. The number of rotatable bonds is 3. The highest BCUT2D eigenvalue weighted by atomic mass is 19.4. The van der Waals surface area contributed by atoms with Crippen LogP contribution < -0.4 is 0 Å². The van der Waals surface area contributed by atoms with Gasteiger partial charge in [0, 0.05) is 11.8 Å². The third kappa shape index (κ3) is 2.29. The molecule has 20 heavy (non-hydrogen) atoms. The molecule has 0 aliphatic rings. The normalized spacial score (nSPS) is 14.5. The van der Waals surface area contributed by atoms with Gasteiger partial charge in [-0.25, -0.2) is 4.39 Å². The summed E-state index contributed by atoms with van der Waals surface area (Å²) in [6, 6.07) is -0.312. The average Bonchev–Trinajstić information content (AvgIpc) is 2.26. The topological polar surface area (TPSA) is 12.9 Å². The maximum Gasteiger partial charge on any atom is 0.460 e. The second-order valence-electron chi connectivity index (χ2n) is 3.61. The van der Waals surface area contributed by atoms with Crippen molar-refractivity contribution < 1.29 is 43.9 Å². The van der Waals surface area contributed by atoms with Crippen LogP contribution in [-0.4, -0.2) is 23.0 Å². The van der Waals surface area contributed by atoms with Gasteiger partial charge in [-0.1, -0.05) is 0 Å². The van der Waals surface area contributed by atoms with Crippen LogP contribution in [0.25, 0.3) is 0 Å². The Morgan fingerprint density at radius 1 is 0.750 bits per heavy atom. The second-order valence-corrected chi connectivity index (χ2v) is 3.61. The Balaban J connectivity index is 3.39. The summed E-state index contributed by atoms with van der Waals surface area (Å²) >= 11 is 0. The van der Waals surface area contributed by atoms with Crippen LogP contribution in [0.1, 0.15) is 5.56 Å². The van der Waals surface area contributed by atoms with E-state index in [-0.39, 0.29) is 18.5 Å². The minimum atomic E-state index is -7.02. The average molecular weight is 315 g/mol. The van der Waals surface area contributed by atoms with Crippen LogP contribution in [0.3, 0.4) is 0 Å². The lowest BCUT2D eigenvalue weighted by Crippen LogP contribution is -2.59. The van der Waals surface area contributed by atoms with Crippen molar-refractivity contribution in [3.63, 3.8) is 0 Å². The summed E-state index contributed by atoms with van der Waals surface area (Å²) in [6.45, 7) is 0. The minimum absolute atomic E-state index is 0.135. The molecule has 1 heterocycles. The molecule has 0 radical (unpaired) electrons. The fraction of sp³-hybridized carbons (Fsp3) is 0.444. The Morgan fingerprint density at radius 3 is 1.65 bits per heavy atom. The molecule has 114 valence electrons. The van der Waals surface area contributed by atoms with Crippen LogP contribution in [0.4, 0.5) is 43.9 Å². The number of halogens is 10. The lowest BCUT2D eigenvalue weighted by molar-refractivity contribution is -0.399. The molecule has 0 N–H and O–H groups in total. The molecular weight excluding hydrogens is 312 g/mol. The Morgan fingerprint density at radius 2 is 1.25 bits per heavy atom. The lowest BCUT2D eigenvalue weighted by Gasteiger charge is -2.33. The molecular formula is C9H3F10N. The molecule has 0 spiro atoms. The van der Waals surface area contributed by atoms with Gasteiger partial charge in [0.1, 0.15) is 5.82 Å². The number of hydrogen-bond donors (Lipinski definition) is 0. The van der Waals surface area contributed by atoms with E-state index in [4.69, 9.17) is 0 Å². The summed E-state index contributed by atoms with van der Waals surface area (Å²) in [6.07, 6.45) is -6.77. The van der Waals surface area contributed by atoms with Gasteiger partial charge in [0.15, 0.2) is 0 Å². The zero-order chi connectivity index (χ0) is 16.0. The first kappa shape index (κ1) is 16.5. The maximum atomic E-state index is 13.2. The molecule has 0 aromatic carbocycles. The molecule has 0 atom stereocenters. The number of aromatic nitrogens is 1. The van der Waals surface area contributed by atoms with Crippen molar-refractivity contribution in [1.82, 2.24) is 4.98 Å². The molecule has 0 aliphatic heterocycles. The Kier molecular flexibility index (Phi) is 3.70. The summed E-state index contributed by atoms with van der Waals surface area (Å²) in [5.74, 6) is -21.4. The van der Waals surface area contributed by atoms with E-state index in [0.29, 0.717) is 0 Å². The molecule has 11 heteroatoms. The smallest absolute Gasteiger partial charge is 0.261 e. The number of alkyl halides is 9. The zero-order valence-corrected chi connectivity index (χ0v) is 8.96. The third-order valence-corrected chi connectivity index (χ3v) is 2.21. The predicted octanol–water partition coefficient (Wildman–Crippen LogP) is 4.15. The molecule has 1 aromatic heterocycles. The van der Waals surface area contributed by atoms with Gasteiger partial charge in [0.2, 0.25) is 0 Å². The quantitative estimate of drug-likeness (QED) is 0.764. The van der Waals surface area contributed by atoms with Crippen LogP contribution in [0, 0.1) is 5.82 Å². The highest BCUT2D eigenvalue weighted by molar-refractivity contribution is 5.21. The van der Waals surface area contributed by atoms with Crippen molar-refractivity contribution in [2.45, 2.75) is 23.9 Å². The van der Waals surface area contributed by atoms with E-state index < -0.39 is 35.3 Å². The van der Waals surface area contributed by atoms with Gasteiger partial charge in [-0.3, -0.25) is 4.98 Å². The van der Waals surface area contributed by atoms with Gasteiger partial charge in [0.25, 0.3) is 0 Å². The van der Waals surface area contributed by atoms with E-state index in [1.807, 2.05) is 0 Å². The van der Waals surface area contributed by atoms with Crippen molar-refractivity contribution in [3.05, 3.63) is 29.8 Å². The van der Waals surface area contributed by atoms with Crippen LogP contribution >= 0.6 is 0 Å². The molecule has 0 saturated heterocycles. The van der Waals surface area contributed by atoms with E-state index in [1.54, 1.807) is 0 Å². The monoisotopic (exact) mass is 315 g/mol. The van der Waals surface area contributed by atoms with E-state index in [0.717, 1.165) is 0 Å². The van der Waals surface area contributed by atoms with E-state index in [2.05, 4.69) is 4.98 Å².